The summed E-state index contributed by atoms with van der Waals surface area (Å²) < 4.78 is 0. The van der Waals surface area contributed by atoms with E-state index in [1.54, 1.807) is 6.21 Å². The SMILES string of the molecule is CC(C)(C)N(CC1CCC(C(=O)Nc2ccc3cc(C=NN)ccc3c2)CC1)C(=O)O. The zero-order chi connectivity index (χ0) is 22.6. The zero-order valence-electron chi connectivity index (χ0n) is 18.5. The lowest BCUT2D eigenvalue weighted by atomic mass is 9.81. The largest absolute Gasteiger partial charge is 0.465 e. The number of nitrogens with one attached hydrogen (secondary N) is 1. The number of anilines is 1. The van der Waals surface area contributed by atoms with Gasteiger partial charge in [-0.1, -0.05) is 18.2 Å². The van der Waals surface area contributed by atoms with Crippen molar-refractivity contribution in [1.82, 2.24) is 4.90 Å². The lowest BCUT2D eigenvalue weighted by Gasteiger charge is -2.38. The van der Waals surface area contributed by atoms with Gasteiger partial charge < -0.3 is 21.2 Å². The first-order valence-corrected chi connectivity index (χ1v) is 10.8. The average Bonchev–Trinajstić information content (AvgIpc) is 2.71. The van der Waals surface area contributed by atoms with E-state index in [1.165, 1.54) is 4.90 Å². The first kappa shape index (κ1) is 22.6. The maximum Gasteiger partial charge on any atom is 0.407 e. The summed E-state index contributed by atoms with van der Waals surface area (Å²) >= 11 is 0. The lowest BCUT2D eigenvalue weighted by molar-refractivity contribution is -0.121. The van der Waals surface area contributed by atoms with Crippen molar-refractivity contribution in [3.8, 4) is 0 Å². The Kier molecular flexibility index (Phi) is 6.83. The van der Waals surface area contributed by atoms with Gasteiger partial charge in [0.1, 0.15) is 0 Å². The fourth-order valence-electron chi connectivity index (χ4n) is 4.26. The first-order valence-electron chi connectivity index (χ1n) is 10.8. The number of benzene rings is 2. The molecule has 0 saturated heterocycles. The molecule has 1 aliphatic carbocycles. The Morgan fingerprint density at radius 2 is 1.77 bits per heavy atom. The smallest absolute Gasteiger partial charge is 0.407 e. The van der Waals surface area contributed by atoms with Crippen LogP contribution in [0.2, 0.25) is 0 Å². The summed E-state index contributed by atoms with van der Waals surface area (Å²) in [5, 5.41) is 18.2. The fraction of sp³-hybridized carbons (Fsp3) is 0.458. The number of hydrazone groups is 1. The fourth-order valence-corrected chi connectivity index (χ4v) is 4.26. The Balaban J connectivity index is 1.57. The Morgan fingerprint density at radius 1 is 1.13 bits per heavy atom. The summed E-state index contributed by atoms with van der Waals surface area (Å²) in [5.74, 6) is 5.51. The van der Waals surface area contributed by atoms with Crippen molar-refractivity contribution in [1.29, 1.82) is 0 Å². The standard InChI is InChI=1S/C24H32N4O3/c1-24(2,3)28(23(30)31)15-16-4-7-18(8-5-16)22(29)27-21-11-10-19-12-17(14-26-25)6-9-20(19)13-21/h6,9-14,16,18H,4-5,7-8,15,25H2,1-3H3,(H,27,29)(H,30,31). The molecule has 1 saturated carbocycles. The molecule has 2 amide bonds. The minimum absolute atomic E-state index is 0.0376. The number of hydrogen-bond acceptors (Lipinski definition) is 4. The van der Waals surface area contributed by atoms with Gasteiger partial charge >= 0.3 is 6.09 Å². The first-order chi connectivity index (χ1) is 14.7. The Labute approximate surface area is 183 Å². The van der Waals surface area contributed by atoms with Gasteiger partial charge in [0.15, 0.2) is 0 Å². The van der Waals surface area contributed by atoms with Crippen molar-refractivity contribution < 1.29 is 14.7 Å². The van der Waals surface area contributed by atoms with Gasteiger partial charge in [-0.05, 0) is 86.9 Å². The summed E-state index contributed by atoms with van der Waals surface area (Å²) in [6.07, 6.45) is 4.00. The molecule has 0 bridgehead atoms. The van der Waals surface area contributed by atoms with E-state index in [0.717, 1.165) is 47.7 Å². The molecule has 7 heteroatoms. The molecular formula is C24H32N4O3. The van der Waals surface area contributed by atoms with Gasteiger partial charge in [0.25, 0.3) is 0 Å². The van der Waals surface area contributed by atoms with Crippen molar-refractivity contribution in [2.45, 2.75) is 52.0 Å². The quantitative estimate of drug-likeness (QED) is 0.369. The number of carboxylic acid groups (broad SMARTS) is 1. The van der Waals surface area contributed by atoms with E-state index in [9.17, 15) is 14.7 Å². The van der Waals surface area contributed by atoms with E-state index in [4.69, 9.17) is 5.84 Å². The van der Waals surface area contributed by atoms with Gasteiger partial charge in [0.05, 0.1) is 6.21 Å². The van der Waals surface area contributed by atoms with Crippen molar-refractivity contribution in [3.05, 3.63) is 42.0 Å². The van der Waals surface area contributed by atoms with Gasteiger partial charge in [-0.2, -0.15) is 5.10 Å². The highest BCUT2D eigenvalue weighted by molar-refractivity contribution is 5.97. The molecule has 1 fully saturated rings. The van der Waals surface area contributed by atoms with Crippen LogP contribution < -0.4 is 11.2 Å². The minimum Gasteiger partial charge on any atom is -0.465 e. The highest BCUT2D eigenvalue weighted by Crippen LogP contribution is 2.32. The van der Waals surface area contributed by atoms with Crippen LogP contribution in [0.4, 0.5) is 10.5 Å². The molecule has 0 heterocycles. The summed E-state index contributed by atoms with van der Waals surface area (Å²) in [6.45, 7) is 6.26. The monoisotopic (exact) mass is 424 g/mol. The number of rotatable bonds is 5. The van der Waals surface area contributed by atoms with Crippen molar-refractivity contribution in [3.63, 3.8) is 0 Å². The summed E-state index contributed by atoms with van der Waals surface area (Å²) in [4.78, 5) is 25.9. The van der Waals surface area contributed by atoms with E-state index in [-0.39, 0.29) is 11.8 Å². The molecule has 7 nitrogen and oxygen atoms in total. The zero-order valence-corrected chi connectivity index (χ0v) is 18.5. The van der Waals surface area contributed by atoms with Crippen LogP contribution >= 0.6 is 0 Å². The molecule has 2 aromatic rings. The molecule has 0 unspecified atom stereocenters. The molecule has 2 aromatic carbocycles. The maximum absolute atomic E-state index is 12.8. The normalized spacial score (nSPS) is 19.5. The Bertz CT molecular complexity index is 972. The molecule has 0 aliphatic heterocycles. The van der Waals surface area contributed by atoms with Gasteiger partial charge in [-0.25, -0.2) is 4.79 Å². The molecular weight excluding hydrogens is 392 g/mol. The van der Waals surface area contributed by atoms with Gasteiger partial charge in [0.2, 0.25) is 5.91 Å². The third-order valence-corrected chi connectivity index (χ3v) is 6.05. The van der Waals surface area contributed by atoms with Crippen molar-refractivity contribution >= 4 is 34.7 Å². The summed E-state index contributed by atoms with van der Waals surface area (Å²) in [7, 11) is 0. The predicted octanol–water partition coefficient (Wildman–Crippen LogP) is 4.66. The molecule has 0 atom stereocenters. The minimum atomic E-state index is -0.883. The number of nitrogens with two attached hydrogens (primary N) is 1. The topological polar surface area (TPSA) is 108 Å². The van der Waals surface area contributed by atoms with Crippen LogP contribution in [0.3, 0.4) is 0 Å². The van der Waals surface area contributed by atoms with E-state index < -0.39 is 11.6 Å². The van der Waals surface area contributed by atoms with Crippen molar-refractivity contribution in [2.24, 2.45) is 22.8 Å². The molecule has 0 radical (unpaired) electrons. The van der Waals surface area contributed by atoms with Gasteiger partial charge in [-0.3, -0.25) is 4.79 Å². The maximum atomic E-state index is 12.8. The average molecular weight is 425 g/mol. The molecule has 0 spiro atoms. The Morgan fingerprint density at radius 3 is 2.39 bits per heavy atom. The van der Waals surface area contributed by atoms with E-state index >= 15 is 0 Å². The van der Waals surface area contributed by atoms with Crippen LogP contribution in [-0.2, 0) is 4.79 Å². The Hall–Kier alpha value is -3.09. The van der Waals surface area contributed by atoms with Crippen LogP contribution in [0.1, 0.15) is 52.0 Å². The summed E-state index contributed by atoms with van der Waals surface area (Å²) in [5.41, 5.74) is 1.29. The van der Waals surface area contributed by atoms with Crippen LogP contribution in [0.5, 0.6) is 0 Å². The number of hydrogen-bond donors (Lipinski definition) is 3. The highest BCUT2D eigenvalue weighted by Gasteiger charge is 2.32. The number of amides is 2. The van der Waals surface area contributed by atoms with Gasteiger partial charge in [-0.15, -0.1) is 0 Å². The van der Waals surface area contributed by atoms with Crippen LogP contribution in [0.15, 0.2) is 41.5 Å². The van der Waals surface area contributed by atoms with E-state index in [0.29, 0.717) is 12.5 Å². The van der Waals surface area contributed by atoms with Crippen LogP contribution in [-0.4, -0.2) is 40.3 Å². The van der Waals surface area contributed by atoms with E-state index in [1.807, 2.05) is 57.2 Å². The molecule has 4 N–H and O–H groups in total. The molecule has 0 aromatic heterocycles. The number of nitrogens with zero attached hydrogens (tertiary/aromatic N) is 2. The number of carbonyl (C=O) groups is 2. The third kappa shape index (κ3) is 5.75. The third-order valence-electron chi connectivity index (χ3n) is 6.05. The summed E-state index contributed by atoms with van der Waals surface area (Å²) in [6, 6.07) is 11.8. The molecule has 166 valence electrons. The predicted molar refractivity (Wildman–Crippen MR) is 124 cm³/mol. The van der Waals surface area contributed by atoms with Gasteiger partial charge in [0, 0.05) is 23.7 Å². The second-order valence-corrected chi connectivity index (χ2v) is 9.37. The lowest BCUT2D eigenvalue weighted by Crippen LogP contribution is -2.47. The van der Waals surface area contributed by atoms with Crippen molar-refractivity contribution in [2.75, 3.05) is 11.9 Å². The second-order valence-electron chi connectivity index (χ2n) is 9.37. The molecule has 31 heavy (non-hydrogen) atoms. The van der Waals surface area contributed by atoms with Crippen LogP contribution in [0.25, 0.3) is 10.8 Å². The van der Waals surface area contributed by atoms with Crippen LogP contribution in [0, 0.1) is 11.8 Å². The molecule has 1 aliphatic rings. The number of carbonyl (C=O) groups excluding carboxylic acids is 1. The highest BCUT2D eigenvalue weighted by atomic mass is 16.4. The number of fused-ring (bicyclic) bond motifs is 1. The van der Waals surface area contributed by atoms with E-state index in [2.05, 4.69) is 10.4 Å². The second kappa shape index (κ2) is 9.37. The molecule has 3 rings (SSSR count).